The van der Waals surface area contributed by atoms with Crippen LogP contribution >= 0.6 is 11.8 Å². The van der Waals surface area contributed by atoms with Crippen LogP contribution in [0.3, 0.4) is 0 Å². The van der Waals surface area contributed by atoms with Crippen molar-refractivity contribution in [3.05, 3.63) is 23.9 Å². The van der Waals surface area contributed by atoms with Crippen molar-refractivity contribution >= 4 is 11.8 Å². The van der Waals surface area contributed by atoms with E-state index in [1.807, 2.05) is 6.92 Å². The van der Waals surface area contributed by atoms with Gasteiger partial charge in [0.25, 0.3) is 0 Å². The van der Waals surface area contributed by atoms with Gasteiger partial charge in [0.2, 0.25) is 5.95 Å². The SMILES string of the molecule is CCSc1nc(F)ccc1F. The third-order valence-electron chi connectivity index (χ3n) is 1.06. The summed E-state index contributed by atoms with van der Waals surface area (Å²) >= 11 is 1.19. The van der Waals surface area contributed by atoms with Crippen molar-refractivity contribution in [1.82, 2.24) is 4.98 Å². The Morgan fingerprint density at radius 2 is 2.18 bits per heavy atom. The Hall–Kier alpha value is -0.640. The van der Waals surface area contributed by atoms with Crippen molar-refractivity contribution in [3.63, 3.8) is 0 Å². The van der Waals surface area contributed by atoms with E-state index in [1.54, 1.807) is 0 Å². The smallest absolute Gasteiger partial charge is 0.210 e. The lowest BCUT2D eigenvalue weighted by Gasteiger charge is -1.97. The number of thioether (sulfide) groups is 1. The monoisotopic (exact) mass is 175 g/mol. The molecule has 1 aromatic heterocycles. The summed E-state index contributed by atoms with van der Waals surface area (Å²) in [6, 6.07) is 2.09. The maximum absolute atomic E-state index is 12.7. The molecule has 0 N–H and O–H groups in total. The molecule has 0 radical (unpaired) electrons. The van der Waals surface area contributed by atoms with E-state index in [-0.39, 0.29) is 5.03 Å². The molecule has 0 unspecified atom stereocenters. The highest BCUT2D eigenvalue weighted by atomic mass is 32.2. The molecule has 0 aromatic carbocycles. The van der Waals surface area contributed by atoms with Crippen LogP contribution in [0, 0.1) is 11.8 Å². The van der Waals surface area contributed by atoms with Crippen LogP contribution in [0.1, 0.15) is 6.92 Å². The van der Waals surface area contributed by atoms with Crippen LogP contribution in [0.15, 0.2) is 17.2 Å². The number of hydrogen-bond acceptors (Lipinski definition) is 2. The molecule has 1 nitrogen and oxygen atoms in total. The average Bonchev–Trinajstić information content (AvgIpc) is 1.98. The van der Waals surface area contributed by atoms with Crippen molar-refractivity contribution in [3.8, 4) is 0 Å². The largest absolute Gasteiger partial charge is 0.214 e. The molecule has 1 rings (SSSR count). The van der Waals surface area contributed by atoms with Gasteiger partial charge >= 0.3 is 0 Å². The zero-order chi connectivity index (χ0) is 8.27. The van der Waals surface area contributed by atoms with E-state index in [0.717, 1.165) is 12.1 Å². The molecule has 0 aliphatic heterocycles. The molecule has 1 aromatic rings. The fraction of sp³-hybridized carbons (Fsp3) is 0.286. The fourth-order valence-electron chi connectivity index (χ4n) is 0.639. The summed E-state index contributed by atoms with van der Waals surface area (Å²) in [5.74, 6) is -0.409. The summed E-state index contributed by atoms with van der Waals surface area (Å²) in [6.07, 6.45) is 0. The zero-order valence-electron chi connectivity index (χ0n) is 5.97. The molecule has 0 fully saturated rings. The Morgan fingerprint density at radius 1 is 1.45 bits per heavy atom. The van der Waals surface area contributed by atoms with Gasteiger partial charge in [-0.1, -0.05) is 6.92 Å². The van der Waals surface area contributed by atoms with Gasteiger partial charge in [-0.2, -0.15) is 4.39 Å². The van der Waals surface area contributed by atoms with E-state index < -0.39 is 11.8 Å². The molecule has 0 saturated heterocycles. The molecule has 1 heterocycles. The fourth-order valence-corrected chi connectivity index (χ4v) is 1.27. The lowest BCUT2D eigenvalue weighted by Crippen LogP contribution is -1.90. The van der Waals surface area contributed by atoms with Crippen molar-refractivity contribution in [2.24, 2.45) is 0 Å². The molecule has 0 aliphatic rings. The van der Waals surface area contributed by atoms with Gasteiger partial charge in [-0.25, -0.2) is 9.37 Å². The molecule has 0 atom stereocenters. The van der Waals surface area contributed by atoms with E-state index in [0.29, 0.717) is 5.75 Å². The maximum atomic E-state index is 12.7. The first-order chi connectivity index (χ1) is 5.24. The molecule has 4 heteroatoms. The van der Waals surface area contributed by atoms with Gasteiger partial charge in [0.15, 0.2) is 5.82 Å². The van der Waals surface area contributed by atoms with Gasteiger partial charge in [-0.05, 0) is 17.9 Å². The first kappa shape index (κ1) is 8.46. The second kappa shape index (κ2) is 3.67. The van der Waals surface area contributed by atoms with Gasteiger partial charge in [-0.3, -0.25) is 0 Å². The number of aromatic nitrogens is 1. The molecule has 0 spiro atoms. The Bertz CT molecular complexity index is 252. The van der Waals surface area contributed by atoms with Gasteiger partial charge in [0.05, 0.1) is 0 Å². The molecule has 60 valence electrons. The van der Waals surface area contributed by atoms with Crippen molar-refractivity contribution < 1.29 is 8.78 Å². The molecule has 0 saturated carbocycles. The molecule has 0 aliphatic carbocycles. The number of halogens is 2. The third kappa shape index (κ3) is 2.15. The molecular weight excluding hydrogens is 168 g/mol. The first-order valence-corrected chi connectivity index (χ1v) is 4.17. The highest BCUT2D eigenvalue weighted by Crippen LogP contribution is 2.18. The predicted molar refractivity (Wildman–Crippen MR) is 40.6 cm³/mol. The maximum Gasteiger partial charge on any atom is 0.214 e. The highest BCUT2D eigenvalue weighted by molar-refractivity contribution is 7.99. The molecule has 0 amide bonds. The highest BCUT2D eigenvalue weighted by Gasteiger charge is 2.03. The average molecular weight is 175 g/mol. The minimum Gasteiger partial charge on any atom is -0.210 e. The van der Waals surface area contributed by atoms with Crippen LogP contribution in [0.25, 0.3) is 0 Å². The Kier molecular flexibility index (Phi) is 2.82. The van der Waals surface area contributed by atoms with Crippen LogP contribution in [-0.2, 0) is 0 Å². The van der Waals surface area contributed by atoms with Gasteiger partial charge in [0, 0.05) is 0 Å². The van der Waals surface area contributed by atoms with E-state index >= 15 is 0 Å². The minimum absolute atomic E-state index is 0.132. The van der Waals surface area contributed by atoms with Crippen LogP contribution in [-0.4, -0.2) is 10.7 Å². The Morgan fingerprint density at radius 3 is 2.82 bits per heavy atom. The normalized spacial score (nSPS) is 10.1. The van der Waals surface area contributed by atoms with E-state index in [4.69, 9.17) is 0 Å². The predicted octanol–water partition coefficient (Wildman–Crippen LogP) is 2.47. The lowest BCUT2D eigenvalue weighted by molar-refractivity contribution is 0.530. The second-order valence-corrected chi connectivity index (χ2v) is 3.11. The standard InChI is InChI=1S/C7H7F2NS/c1-2-11-7-5(8)3-4-6(9)10-7/h3-4H,2H2,1H3. The van der Waals surface area contributed by atoms with Crippen LogP contribution < -0.4 is 0 Å². The number of rotatable bonds is 2. The number of hydrogen-bond donors (Lipinski definition) is 0. The summed E-state index contributed by atoms with van der Waals surface area (Å²) < 4.78 is 25.1. The summed E-state index contributed by atoms with van der Waals surface area (Å²) in [5.41, 5.74) is 0. The van der Waals surface area contributed by atoms with E-state index in [1.165, 1.54) is 11.8 Å². The molecule has 11 heavy (non-hydrogen) atoms. The van der Waals surface area contributed by atoms with E-state index in [9.17, 15) is 8.78 Å². The summed E-state index contributed by atoms with van der Waals surface area (Å²) in [5, 5.41) is 0.132. The van der Waals surface area contributed by atoms with Gasteiger partial charge in [0.1, 0.15) is 5.03 Å². The summed E-state index contributed by atoms with van der Waals surface area (Å²) in [4.78, 5) is 3.38. The van der Waals surface area contributed by atoms with Crippen LogP contribution in [0.4, 0.5) is 8.78 Å². The number of nitrogens with zero attached hydrogens (tertiary/aromatic N) is 1. The van der Waals surface area contributed by atoms with Crippen molar-refractivity contribution in [1.29, 1.82) is 0 Å². The van der Waals surface area contributed by atoms with Gasteiger partial charge < -0.3 is 0 Å². The second-order valence-electron chi connectivity index (χ2n) is 1.85. The summed E-state index contributed by atoms with van der Waals surface area (Å²) in [7, 11) is 0. The molecule has 0 bridgehead atoms. The number of pyridine rings is 1. The van der Waals surface area contributed by atoms with Crippen molar-refractivity contribution in [2.75, 3.05) is 5.75 Å². The van der Waals surface area contributed by atoms with Gasteiger partial charge in [-0.15, -0.1) is 11.8 Å². The minimum atomic E-state index is -0.637. The first-order valence-electron chi connectivity index (χ1n) is 3.19. The quantitative estimate of drug-likeness (QED) is 0.506. The lowest BCUT2D eigenvalue weighted by atomic mass is 10.5. The molecular formula is C7H7F2NS. The Balaban J connectivity index is 2.93. The van der Waals surface area contributed by atoms with E-state index in [2.05, 4.69) is 4.98 Å². The van der Waals surface area contributed by atoms with Crippen LogP contribution in [0.5, 0.6) is 0 Å². The third-order valence-corrected chi connectivity index (χ3v) is 1.91. The van der Waals surface area contributed by atoms with Crippen molar-refractivity contribution in [2.45, 2.75) is 11.9 Å². The Labute approximate surface area is 67.8 Å². The zero-order valence-corrected chi connectivity index (χ0v) is 6.79. The topological polar surface area (TPSA) is 12.9 Å². The summed E-state index contributed by atoms with van der Waals surface area (Å²) in [6.45, 7) is 1.86. The van der Waals surface area contributed by atoms with Crippen LogP contribution in [0.2, 0.25) is 0 Å².